The first kappa shape index (κ1) is 18.6. The summed E-state index contributed by atoms with van der Waals surface area (Å²) in [6.07, 6.45) is 0. The van der Waals surface area contributed by atoms with Crippen molar-refractivity contribution in [3.05, 3.63) is 133 Å². The maximum Gasteiger partial charge on any atom is -0.00203 e. The zero-order valence-electron chi connectivity index (χ0n) is 17.7. The summed E-state index contributed by atoms with van der Waals surface area (Å²) in [5.74, 6) is 0. The number of hydrogen-bond donors (Lipinski definition) is 0. The Balaban J connectivity index is 1.86. The van der Waals surface area contributed by atoms with Crippen LogP contribution in [0.3, 0.4) is 0 Å². The van der Waals surface area contributed by atoms with E-state index in [0.717, 1.165) is 0 Å². The van der Waals surface area contributed by atoms with Gasteiger partial charge < -0.3 is 0 Å². The second-order valence-corrected chi connectivity index (χ2v) is 8.15. The van der Waals surface area contributed by atoms with Crippen LogP contribution in [0.2, 0.25) is 0 Å². The van der Waals surface area contributed by atoms with E-state index in [4.69, 9.17) is 0 Å². The van der Waals surface area contributed by atoms with E-state index >= 15 is 0 Å². The van der Waals surface area contributed by atoms with Crippen molar-refractivity contribution < 1.29 is 0 Å². The summed E-state index contributed by atoms with van der Waals surface area (Å²) in [6, 6.07) is 48.0. The van der Waals surface area contributed by atoms with Crippen molar-refractivity contribution in [1.82, 2.24) is 0 Å². The van der Waals surface area contributed by atoms with Gasteiger partial charge in [0.1, 0.15) is 0 Å². The van der Waals surface area contributed by atoms with Crippen LogP contribution in [0.5, 0.6) is 0 Å². The van der Waals surface area contributed by atoms with Gasteiger partial charge >= 0.3 is 0 Å². The molecule has 0 aliphatic rings. The third kappa shape index (κ3) is 3.09. The lowest BCUT2D eigenvalue weighted by Crippen LogP contribution is -1.93. The summed E-state index contributed by atoms with van der Waals surface area (Å²) < 4.78 is 0. The third-order valence-corrected chi connectivity index (χ3v) is 6.26. The maximum absolute atomic E-state index is 2.39. The molecule has 6 rings (SSSR count). The summed E-state index contributed by atoms with van der Waals surface area (Å²) in [5.41, 5.74) is 7.55. The van der Waals surface area contributed by atoms with E-state index in [-0.39, 0.29) is 0 Å². The van der Waals surface area contributed by atoms with Crippen LogP contribution in [0.1, 0.15) is 0 Å². The molecule has 150 valence electrons. The van der Waals surface area contributed by atoms with Gasteiger partial charge in [0.25, 0.3) is 0 Å². The molecule has 0 radical (unpaired) electrons. The lowest BCUT2D eigenvalue weighted by molar-refractivity contribution is 1.59. The standard InChI is InChI=1S/C32H22/c1-4-12-23(13-5-1)29-22-30-27-19-11-10-14-24(27)20-21-28(30)31(25-15-6-2-7-16-25)32(29)26-17-8-3-9-18-26/h1-22H. The molecule has 0 bridgehead atoms. The second kappa shape index (κ2) is 7.83. The quantitative estimate of drug-likeness (QED) is 0.257. The van der Waals surface area contributed by atoms with Gasteiger partial charge in [0.2, 0.25) is 0 Å². The van der Waals surface area contributed by atoms with Crippen LogP contribution in [0, 0.1) is 0 Å². The van der Waals surface area contributed by atoms with Crippen molar-refractivity contribution >= 4 is 21.5 Å². The van der Waals surface area contributed by atoms with E-state index in [2.05, 4.69) is 133 Å². The Hall–Kier alpha value is -4.16. The fourth-order valence-corrected chi connectivity index (χ4v) is 4.81. The molecule has 0 aliphatic carbocycles. The van der Waals surface area contributed by atoms with Crippen molar-refractivity contribution in [2.45, 2.75) is 0 Å². The van der Waals surface area contributed by atoms with Crippen LogP contribution < -0.4 is 0 Å². The Bertz CT molecular complexity index is 1530. The molecule has 6 aromatic carbocycles. The van der Waals surface area contributed by atoms with Crippen molar-refractivity contribution in [3.63, 3.8) is 0 Å². The predicted octanol–water partition coefficient (Wildman–Crippen LogP) is 8.99. The Labute approximate surface area is 188 Å². The Morgan fingerprint density at radius 1 is 0.312 bits per heavy atom. The number of rotatable bonds is 3. The summed E-state index contributed by atoms with van der Waals surface area (Å²) >= 11 is 0. The molecule has 0 aliphatic heterocycles. The van der Waals surface area contributed by atoms with Crippen LogP contribution in [0.15, 0.2) is 133 Å². The van der Waals surface area contributed by atoms with Crippen molar-refractivity contribution in [2.75, 3.05) is 0 Å². The fourth-order valence-electron chi connectivity index (χ4n) is 4.81. The molecule has 0 fully saturated rings. The van der Waals surface area contributed by atoms with E-state index < -0.39 is 0 Å². The first-order valence-electron chi connectivity index (χ1n) is 11.0. The van der Waals surface area contributed by atoms with E-state index in [1.54, 1.807) is 0 Å². The van der Waals surface area contributed by atoms with Gasteiger partial charge in [0.15, 0.2) is 0 Å². The van der Waals surface area contributed by atoms with Gasteiger partial charge in [0.05, 0.1) is 0 Å². The zero-order valence-corrected chi connectivity index (χ0v) is 17.7. The van der Waals surface area contributed by atoms with Gasteiger partial charge in [-0.3, -0.25) is 0 Å². The fraction of sp³-hybridized carbons (Fsp3) is 0. The molecule has 0 N–H and O–H groups in total. The highest BCUT2D eigenvalue weighted by molar-refractivity contribution is 6.18. The first-order valence-corrected chi connectivity index (χ1v) is 11.0. The molecule has 0 spiro atoms. The van der Waals surface area contributed by atoms with Crippen LogP contribution in [-0.2, 0) is 0 Å². The second-order valence-electron chi connectivity index (χ2n) is 8.15. The lowest BCUT2D eigenvalue weighted by atomic mass is 9.83. The highest BCUT2D eigenvalue weighted by Gasteiger charge is 2.19. The van der Waals surface area contributed by atoms with Gasteiger partial charge in [-0.1, -0.05) is 127 Å². The van der Waals surface area contributed by atoms with E-state index in [0.29, 0.717) is 0 Å². The van der Waals surface area contributed by atoms with E-state index in [1.807, 2.05) is 0 Å². The monoisotopic (exact) mass is 406 g/mol. The number of fused-ring (bicyclic) bond motifs is 3. The van der Waals surface area contributed by atoms with E-state index in [9.17, 15) is 0 Å². The molecular weight excluding hydrogens is 384 g/mol. The minimum absolute atomic E-state index is 1.23. The van der Waals surface area contributed by atoms with Crippen molar-refractivity contribution in [1.29, 1.82) is 0 Å². The molecule has 0 unspecified atom stereocenters. The summed E-state index contributed by atoms with van der Waals surface area (Å²) in [7, 11) is 0. The highest BCUT2D eigenvalue weighted by atomic mass is 14.2. The normalized spacial score (nSPS) is 11.1. The van der Waals surface area contributed by atoms with Crippen LogP contribution in [0.25, 0.3) is 54.9 Å². The van der Waals surface area contributed by atoms with Gasteiger partial charge in [-0.05, 0) is 61.0 Å². The average Bonchev–Trinajstić information content (AvgIpc) is 2.89. The zero-order chi connectivity index (χ0) is 21.3. The molecular formula is C32H22. The lowest BCUT2D eigenvalue weighted by Gasteiger charge is -2.20. The molecule has 0 saturated heterocycles. The summed E-state index contributed by atoms with van der Waals surface area (Å²) in [5, 5.41) is 5.14. The topological polar surface area (TPSA) is 0 Å². The Kier molecular flexibility index (Phi) is 4.55. The summed E-state index contributed by atoms with van der Waals surface area (Å²) in [4.78, 5) is 0. The Morgan fingerprint density at radius 3 is 1.50 bits per heavy atom. The third-order valence-electron chi connectivity index (χ3n) is 6.26. The van der Waals surface area contributed by atoms with Crippen LogP contribution in [0.4, 0.5) is 0 Å². The first-order chi connectivity index (χ1) is 15.9. The molecule has 0 heteroatoms. The molecule has 0 atom stereocenters. The molecule has 0 amide bonds. The highest BCUT2D eigenvalue weighted by Crippen LogP contribution is 2.46. The SMILES string of the molecule is c1ccc(-c2cc3c(ccc4ccccc43)c(-c3ccccc3)c2-c2ccccc2)cc1. The van der Waals surface area contributed by atoms with Crippen LogP contribution in [-0.4, -0.2) is 0 Å². The molecule has 0 nitrogen and oxygen atoms in total. The molecule has 32 heavy (non-hydrogen) atoms. The largest absolute Gasteiger partial charge is 0.0622 e. The molecule has 6 aromatic rings. The minimum Gasteiger partial charge on any atom is -0.0622 e. The Morgan fingerprint density at radius 2 is 0.844 bits per heavy atom. The minimum atomic E-state index is 1.23. The molecule has 0 saturated carbocycles. The molecule has 0 heterocycles. The maximum atomic E-state index is 2.39. The number of benzene rings is 6. The van der Waals surface area contributed by atoms with Gasteiger partial charge in [-0.25, -0.2) is 0 Å². The number of hydrogen-bond acceptors (Lipinski definition) is 0. The van der Waals surface area contributed by atoms with Gasteiger partial charge in [-0.15, -0.1) is 0 Å². The van der Waals surface area contributed by atoms with Gasteiger partial charge in [0, 0.05) is 0 Å². The smallest absolute Gasteiger partial charge is 0.00203 e. The van der Waals surface area contributed by atoms with E-state index in [1.165, 1.54) is 54.9 Å². The van der Waals surface area contributed by atoms with Crippen molar-refractivity contribution in [3.8, 4) is 33.4 Å². The predicted molar refractivity (Wildman–Crippen MR) is 138 cm³/mol. The summed E-state index contributed by atoms with van der Waals surface area (Å²) in [6.45, 7) is 0. The molecule has 0 aromatic heterocycles. The van der Waals surface area contributed by atoms with Gasteiger partial charge in [-0.2, -0.15) is 0 Å². The average molecular weight is 407 g/mol. The van der Waals surface area contributed by atoms with Crippen LogP contribution >= 0.6 is 0 Å². The van der Waals surface area contributed by atoms with Crippen molar-refractivity contribution in [2.24, 2.45) is 0 Å².